The van der Waals surface area contributed by atoms with Gasteiger partial charge in [0.1, 0.15) is 5.82 Å². The average Bonchev–Trinajstić information content (AvgIpc) is 3.75. The van der Waals surface area contributed by atoms with Crippen LogP contribution in [0, 0.1) is 5.92 Å². The van der Waals surface area contributed by atoms with Crippen LogP contribution in [0.5, 0.6) is 0 Å². The van der Waals surface area contributed by atoms with Crippen molar-refractivity contribution in [1.82, 2.24) is 15.0 Å². The van der Waals surface area contributed by atoms with Crippen molar-refractivity contribution in [2.45, 2.75) is 12.8 Å². The number of piperazine rings is 1. The number of aromatic nitrogens is 3. The number of hydrogen-bond acceptors (Lipinski definition) is 6. The van der Waals surface area contributed by atoms with Crippen LogP contribution >= 0.6 is 0 Å². The first-order valence-corrected chi connectivity index (χ1v) is 11.8. The summed E-state index contributed by atoms with van der Waals surface area (Å²) in [4.78, 5) is 30.4. The standard InChI is InChI=1S/C27H26N6O/c34-27(20-1-2-20)30-22-6-3-19(4-7-22)21-5-8-24-25(17-21)31-26(18-29-24)33-15-13-32(14-16-33)23-9-11-28-12-10-23/h3-12,17-18,20H,1-2,13-16H2,(H,30,34). The fraction of sp³-hybridized carbons (Fsp3) is 0.259. The molecule has 2 aromatic carbocycles. The largest absolute Gasteiger partial charge is 0.368 e. The van der Waals surface area contributed by atoms with E-state index in [1.807, 2.05) is 48.9 Å². The molecule has 2 fully saturated rings. The summed E-state index contributed by atoms with van der Waals surface area (Å²) in [7, 11) is 0. The molecular formula is C27H26N6O. The number of nitrogens with zero attached hydrogens (tertiary/aromatic N) is 5. The Morgan fingerprint density at radius 2 is 1.53 bits per heavy atom. The quantitative estimate of drug-likeness (QED) is 0.487. The van der Waals surface area contributed by atoms with Crippen LogP contribution < -0.4 is 15.1 Å². The molecule has 34 heavy (non-hydrogen) atoms. The molecule has 4 aromatic rings. The zero-order chi connectivity index (χ0) is 22.9. The first kappa shape index (κ1) is 20.6. The van der Waals surface area contributed by atoms with E-state index in [-0.39, 0.29) is 11.8 Å². The van der Waals surface area contributed by atoms with Crippen LogP contribution in [0.4, 0.5) is 17.2 Å². The molecule has 0 unspecified atom stereocenters. The second-order valence-corrected chi connectivity index (χ2v) is 8.95. The van der Waals surface area contributed by atoms with Gasteiger partial charge in [0, 0.05) is 55.9 Å². The van der Waals surface area contributed by atoms with Crippen molar-refractivity contribution in [2.24, 2.45) is 5.92 Å². The molecule has 1 N–H and O–H groups in total. The predicted octanol–water partition coefficient (Wildman–Crippen LogP) is 4.37. The second-order valence-electron chi connectivity index (χ2n) is 8.95. The topological polar surface area (TPSA) is 74.2 Å². The molecule has 1 aliphatic carbocycles. The average molecular weight is 451 g/mol. The number of anilines is 3. The minimum atomic E-state index is 0.128. The van der Waals surface area contributed by atoms with Crippen LogP contribution in [0.3, 0.4) is 0 Å². The first-order valence-electron chi connectivity index (χ1n) is 11.8. The van der Waals surface area contributed by atoms with Crippen molar-refractivity contribution in [3.8, 4) is 11.1 Å². The normalized spacial score (nSPS) is 16.0. The highest BCUT2D eigenvalue weighted by Gasteiger charge is 2.29. The number of pyridine rings is 1. The highest BCUT2D eigenvalue weighted by atomic mass is 16.2. The number of fused-ring (bicyclic) bond motifs is 1. The van der Waals surface area contributed by atoms with E-state index in [9.17, 15) is 4.79 Å². The summed E-state index contributed by atoms with van der Waals surface area (Å²) in [6.07, 6.45) is 7.56. The highest BCUT2D eigenvalue weighted by molar-refractivity contribution is 5.94. The smallest absolute Gasteiger partial charge is 0.227 e. The zero-order valence-corrected chi connectivity index (χ0v) is 18.9. The molecule has 6 rings (SSSR count). The predicted molar refractivity (Wildman–Crippen MR) is 135 cm³/mol. The molecule has 1 saturated heterocycles. The van der Waals surface area contributed by atoms with Gasteiger partial charge in [-0.05, 0) is 60.4 Å². The van der Waals surface area contributed by atoms with Gasteiger partial charge in [0.25, 0.3) is 0 Å². The summed E-state index contributed by atoms with van der Waals surface area (Å²) in [6.45, 7) is 3.67. The Bertz CT molecular complexity index is 1310. The molecule has 0 spiro atoms. The summed E-state index contributed by atoms with van der Waals surface area (Å²) >= 11 is 0. The van der Waals surface area contributed by atoms with Crippen molar-refractivity contribution in [2.75, 3.05) is 41.3 Å². The van der Waals surface area contributed by atoms with Gasteiger partial charge in [-0.2, -0.15) is 0 Å². The maximum Gasteiger partial charge on any atom is 0.227 e. The van der Waals surface area contributed by atoms with Crippen molar-refractivity contribution in [3.05, 3.63) is 73.2 Å². The maximum absolute atomic E-state index is 12.0. The number of nitrogens with one attached hydrogen (secondary N) is 1. The van der Waals surface area contributed by atoms with Gasteiger partial charge in [-0.15, -0.1) is 0 Å². The molecule has 0 radical (unpaired) electrons. The van der Waals surface area contributed by atoms with E-state index < -0.39 is 0 Å². The monoisotopic (exact) mass is 450 g/mol. The molecule has 1 amide bonds. The number of carbonyl (C=O) groups excluding carboxylic acids is 1. The SMILES string of the molecule is O=C(Nc1ccc(-c2ccc3ncc(N4CCN(c5ccncc5)CC4)nc3c2)cc1)C1CC1. The summed E-state index contributed by atoms with van der Waals surface area (Å²) in [5.74, 6) is 1.24. The van der Waals surface area contributed by atoms with Crippen LogP contribution in [-0.2, 0) is 4.79 Å². The van der Waals surface area contributed by atoms with Gasteiger partial charge in [-0.1, -0.05) is 18.2 Å². The van der Waals surface area contributed by atoms with Crippen LogP contribution in [0.2, 0.25) is 0 Å². The fourth-order valence-electron chi connectivity index (χ4n) is 4.42. The van der Waals surface area contributed by atoms with Gasteiger partial charge in [0.05, 0.1) is 17.2 Å². The van der Waals surface area contributed by atoms with Crippen LogP contribution in [0.1, 0.15) is 12.8 Å². The molecule has 3 heterocycles. The summed E-state index contributed by atoms with van der Waals surface area (Å²) in [6, 6.07) is 18.3. The van der Waals surface area contributed by atoms with Gasteiger partial charge in [0.2, 0.25) is 5.91 Å². The third-order valence-electron chi connectivity index (χ3n) is 6.59. The lowest BCUT2D eigenvalue weighted by Crippen LogP contribution is -2.46. The second kappa shape index (κ2) is 8.74. The number of rotatable bonds is 5. The van der Waals surface area contributed by atoms with E-state index in [0.29, 0.717) is 0 Å². The Hall–Kier alpha value is -4.00. The Morgan fingerprint density at radius 1 is 0.824 bits per heavy atom. The van der Waals surface area contributed by atoms with Crippen molar-refractivity contribution >= 4 is 34.1 Å². The van der Waals surface area contributed by atoms with Crippen LogP contribution in [0.25, 0.3) is 22.2 Å². The fourth-order valence-corrected chi connectivity index (χ4v) is 4.42. The number of amides is 1. The molecule has 0 bridgehead atoms. The summed E-state index contributed by atoms with van der Waals surface area (Å²) < 4.78 is 0. The number of benzene rings is 2. The molecule has 7 nitrogen and oxygen atoms in total. The van der Waals surface area contributed by atoms with E-state index in [1.165, 1.54) is 5.69 Å². The highest BCUT2D eigenvalue weighted by Crippen LogP contribution is 2.31. The van der Waals surface area contributed by atoms with Crippen molar-refractivity contribution in [1.29, 1.82) is 0 Å². The van der Waals surface area contributed by atoms with Crippen LogP contribution in [-0.4, -0.2) is 47.0 Å². The molecule has 170 valence electrons. The van der Waals surface area contributed by atoms with E-state index in [4.69, 9.17) is 4.98 Å². The summed E-state index contributed by atoms with van der Waals surface area (Å²) in [5.41, 5.74) is 6.00. The molecule has 1 saturated carbocycles. The molecule has 7 heteroatoms. The third kappa shape index (κ3) is 4.29. The van der Waals surface area contributed by atoms with E-state index in [2.05, 4.69) is 49.4 Å². The first-order chi connectivity index (χ1) is 16.7. The molecule has 2 aliphatic rings. The van der Waals surface area contributed by atoms with Gasteiger partial charge in [0.15, 0.2) is 0 Å². The Morgan fingerprint density at radius 3 is 2.26 bits per heavy atom. The number of hydrogen-bond donors (Lipinski definition) is 1. The van der Waals surface area contributed by atoms with E-state index in [0.717, 1.165) is 72.7 Å². The third-order valence-corrected chi connectivity index (χ3v) is 6.59. The van der Waals surface area contributed by atoms with Crippen molar-refractivity contribution in [3.63, 3.8) is 0 Å². The van der Waals surface area contributed by atoms with Gasteiger partial charge >= 0.3 is 0 Å². The summed E-state index contributed by atoms with van der Waals surface area (Å²) in [5, 5.41) is 3.00. The van der Waals surface area contributed by atoms with Gasteiger partial charge in [-0.25, -0.2) is 4.98 Å². The van der Waals surface area contributed by atoms with Crippen molar-refractivity contribution < 1.29 is 4.79 Å². The zero-order valence-electron chi connectivity index (χ0n) is 18.9. The Balaban J connectivity index is 1.18. The van der Waals surface area contributed by atoms with E-state index in [1.54, 1.807) is 0 Å². The Labute approximate surface area is 198 Å². The number of carbonyl (C=O) groups is 1. The Kier molecular flexibility index (Phi) is 5.30. The molecule has 0 atom stereocenters. The minimum absolute atomic E-state index is 0.128. The van der Waals surface area contributed by atoms with Crippen LogP contribution in [0.15, 0.2) is 73.2 Å². The van der Waals surface area contributed by atoms with E-state index >= 15 is 0 Å². The molecule has 1 aliphatic heterocycles. The maximum atomic E-state index is 12.0. The lowest BCUT2D eigenvalue weighted by Gasteiger charge is -2.36. The minimum Gasteiger partial charge on any atom is -0.368 e. The molecular weight excluding hydrogens is 424 g/mol. The molecule has 2 aromatic heterocycles. The lowest BCUT2D eigenvalue weighted by molar-refractivity contribution is -0.117. The van der Waals surface area contributed by atoms with Gasteiger partial charge in [-0.3, -0.25) is 14.8 Å². The lowest BCUT2D eigenvalue weighted by atomic mass is 10.0. The van der Waals surface area contributed by atoms with Gasteiger partial charge < -0.3 is 15.1 Å².